The minimum Gasteiger partial charge on any atom is -0.483 e. The number of amides is 3. The van der Waals surface area contributed by atoms with Gasteiger partial charge < -0.3 is 20.1 Å². The van der Waals surface area contributed by atoms with Gasteiger partial charge in [0, 0.05) is 29.4 Å². The quantitative estimate of drug-likeness (QED) is 0.301. The second-order valence-electron chi connectivity index (χ2n) is 7.88. The lowest BCUT2D eigenvalue weighted by atomic mass is 10.1. The zero-order chi connectivity index (χ0) is 24.5. The van der Waals surface area contributed by atoms with E-state index >= 15 is 0 Å². The van der Waals surface area contributed by atoms with Gasteiger partial charge in [-0.15, -0.1) is 0 Å². The number of nitrogens with one attached hydrogen (secondary N) is 3. The Morgan fingerprint density at radius 2 is 2.00 bits per heavy atom. The number of hydrazone groups is 1. The van der Waals surface area contributed by atoms with Crippen molar-refractivity contribution in [3.05, 3.63) is 58.1 Å². The second-order valence-corrected chi connectivity index (χ2v) is 8.32. The number of hydrogen-bond acceptors (Lipinski definition) is 6. The van der Waals surface area contributed by atoms with Crippen molar-refractivity contribution in [1.82, 2.24) is 10.7 Å². The first-order valence-corrected chi connectivity index (χ1v) is 11.2. The highest BCUT2D eigenvalue weighted by atomic mass is 35.5. The Morgan fingerprint density at radius 1 is 1.18 bits per heavy atom. The highest BCUT2D eigenvalue weighted by molar-refractivity contribution is 6.35. The van der Waals surface area contributed by atoms with Crippen LogP contribution in [0, 0.1) is 13.8 Å². The van der Waals surface area contributed by atoms with Crippen LogP contribution < -0.4 is 20.8 Å². The third-order valence-corrected chi connectivity index (χ3v) is 5.32. The molecule has 1 heterocycles. The molecule has 0 radical (unpaired) electrons. The first-order valence-electron chi connectivity index (χ1n) is 10.8. The van der Waals surface area contributed by atoms with Crippen molar-refractivity contribution in [2.75, 3.05) is 25.1 Å². The van der Waals surface area contributed by atoms with E-state index in [4.69, 9.17) is 21.1 Å². The summed E-state index contributed by atoms with van der Waals surface area (Å²) in [6.07, 6.45) is 3.00. The fourth-order valence-corrected chi connectivity index (χ4v) is 3.44. The largest absolute Gasteiger partial charge is 0.483 e. The smallest absolute Gasteiger partial charge is 0.329 e. The number of aryl methyl sites for hydroxylation is 2. The molecule has 1 aliphatic rings. The van der Waals surface area contributed by atoms with Gasteiger partial charge in [0.2, 0.25) is 0 Å². The maximum atomic E-state index is 12.4. The van der Waals surface area contributed by atoms with E-state index in [2.05, 4.69) is 21.2 Å². The van der Waals surface area contributed by atoms with Crippen LogP contribution in [0.2, 0.25) is 5.02 Å². The molecule has 1 saturated heterocycles. The summed E-state index contributed by atoms with van der Waals surface area (Å²) in [5.41, 5.74) is 5.27. The Morgan fingerprint density at radius 3 is 2.76 bits per heavy atom. The molecule has 0 aliphatic carbocycles. The molecule has 0 aromatic heterocycles. The molecular weight excluding hydrogens is 460 g/mol. The van der Waals surface area contributed by atoms with Gasteiger partial charge in [-0.25, -0.2) is 5.43 Å². The monoisotopic (exact) mass is 486 g/mol. The zero-order valence-electron chi connectivity index (χ0n) is 19.0. The molecule has 10 heteroatoms. The van der Waals surface area contributed by atoms with E-state index in [1.807, 2.05) is 32.0 Å². The summed E-state index contributed by atoms with van der Waals surface area (Å²) >= 11 is 6.05. The lowest BCUT2D eigenvalue weighted by Gasteiger charge is -2.12. The Bertz CT molecular complexity index is 1080. The molecule has 3 amide bonds. The van der Waals surface area contributed by atoms with Crippen molar-refractivity contribution in [1.29, 1.82) is 0 Å². The summed E-state index contributed by atoms with van der Waals surface area (Å²) in [6.45, 7) is 4.53. The zero-order valence-corrected chi connectivity index (χ0v) is 19.8. The lowest BCUT2D eigenvalue weighted by molar-refractivity contribution is -0.139. The minimum atomic E-state index is -0.911. The molecule has 9 nitrogen and oxygen atoms in total. The summed E-state index contributed by atoms with van der Waals surface area (Å²) < 4.78 is 11.0. The van der Waals surface area contributed by atoms with Crippen LogP contribution in [0.4, 0.5) is 5.69 Å². The number of nitrogens with zero attached hydrogens (tertiary/aromatic N) is 1. The molecule has 0 saturated carbocycles. The van der Waals surface area contributed by atoms with Gasteiger partial charge in [0.15, 0.2) is 6.61 Å². The third kappa shape index (κ3) is 7.57. The summed E-state index contributed by atoms with van der Waals surface area (Å²) in [5.74, 6) is -1.71. The van der Waals surface area contributed by atoms with Crippen LogP contribution in [-0.4, -0.2) is 49.8 Å². The molecule has 0 spiro atoms. The molecule has 0 unspecified atom stereocenters. The van der Waals surface area contributed by atoms with Gasteiger partial charge in [-0.05, 0) is 62.1 Å². The summed E-state index contributed by atoms with van der Waals surface area (Å²) in [4.78, 5) is 36.2. The maximum Gasteiger partial charge on any atom is 0.329 e. The minimum absolute atomic E-state index is 0.0709. The standard InChI is InChI=1S/C24H27ClN4O5/c1-15-5-6-16(2)20(10-15)28-22(30)14-34-21-8-7-18(25)11-17(21)12-27-29-24(32)23(31)26-13-19-4-3-9-33-19/h5-8,10-12,19H,3-4,9,13-14H2,1-2H3,(H,26,31)(H,28,30)(H,29,32)/b27-12-/t19-/m1/s1. The van der Waals surface area contributed by atoms with Crippen LogP contribution in [-0.2, 0) is 19.1 Å². The van der Waals surface area contributed by atoms with Crippen LogP contribution in [0.25, 0.3) is 0 Å². The first-order chi connectivity index (χ1) is 16.3. The van der Waals surface area contributed by atoms with E-state index in [1.165, 1.54) is 6.21 Å². The van der Waals surface area contributed by atoms with Gasteiger partial charge in [-0.2, -0.15) is 5.10 Å². The number of carbonyl (C=O) groups excluding carboxylic acids is 3. The summed E-state index contributed by atoms with van der Waals surface area (Å²) in [6, 6.07) is 10.5. The van der Waals surface area contributed by atoms with Gasteiger partial charge in [0.05, 0.1) is 12.3 Å². The number of halogens is 1. The SMILES string of the molecule is Cc1ccc(C)c(NC(=O)COc2ccc(Cl)cc2/C=N\NC(=O)C(=O)NC[C@H]2CCCO2)c1. The van der Waals surface area contributed by atoms with Crippen molar-refractivity contribution in [3.63, 3.8) is 0 Å². The molecular formula is C24H27ClN4O5. The van der Waals surface area contributed by atoms with E-state index < -0.39 is 11.8 Å². The van der Waals surface area contributed by atoms with Gasteiger partial charge in [-0.3, -0.25) is 14.4 Å². The molecule has 1 atom stereocenters. The molecule has 34 heavy (non-hydrogen) atoms. The van der Waals surface area contributed by atoms with E-state index in [1.54, 1.807) is 18.2 Å². The molecule has 3 rings (SSSR count). The molecule has 2 aromatic rings. The average molecular weight is 487 g/mol. The highest BCUT2D eigenvalue weighted by Gasteiger charge is 2.19. The van der Waals surface area contributed by atoms with Crippen molar-refractivity contribution in [2.24, 2.45) is 5.10 Å². The molecule has 3 N–H and O–H groups in total. The van der Waals surface area contributed by atoms with Crippen molar-refractivity contribution < 1.29 is 23.9 Å². The predicted molar refractivity (Wildman–Crippen MR) is 129 cm³/mol. The molecule has 1 aliphatic heterocycles. The number of carbonyl (C=O) groups is 3. The van der Waals surface area contributed by atoms with E-state index in [0.717, 1.165) is 24.0 Å². The van der Waals surface area contributed by atoms with Crippen LogP contribution in [0.1, 0.15) is 29.5 Å². The number of rotatable bonds is 8. The number of ether oxygens (including phenoxy) is 2. The maximum absolute atomic E-state index is 12.4. The normalized spacial score (nSPS) is 15.2. The topological polar surface area (TPSA) is 118 Å². The number of benzene rings is 2. The van der Waals surface area contributed by atoms with Crippen LogP contribution in [0.5, 0.6) is 5.75 Å². The van der Waals surface area contributed by atoms with Gasteiger partial charge >= 0.3 is 11.8 Å². The van der Waals surface area contributed by atoms with E-state index in [9.17, 15) is 14.4 Å². The van der Waals surface area contributed by atoms with Gasteiger partial charge in [0.25, 0.3) is 5.91 Å². The molecule has 0 bridgehead atoms. The fourth-order valence-electron chi connectivity index (χ4n) is 3.26. The van der Waals surface area contributed by atoms with Crippen LogP contribution >= 0.6 is 11.6 Å². The molecule has 1 fully saturated rings. The third-order valence-electron chi connectivity index (χ3n) is 5.09. The van der Waals surface area contributed by atoms with Crippen molar-refractivity contribution >= 4 is 41.2 Å². The van der Waals surface area contributed by atoms with Crippen molar-refractivity contribution in [3.8, 4) is 5.75 Å². The molecule has 180 valence electrons. The fraction of sp³-hybridized carbons (Fsp3) is 0.333. The highest BCUT2D eigenvalue weighted by Crippen LogP contribution is 2.22. The first kappa shape index (κ1) is 25.2. The molecule has 2 aromatic carbocycles. The second kappa shape index (κ2) is 12.2. The summed E-state index contributed by atoms with van der Waals surface area (Å²) in [7, 11) is 0. The van der Waals surface area contributed by atoms with Crippen molar-refractivity contribution in [2.45, 2.75) is 32.8 Å². The number of anilines is 1. The Balaban J connectivity index is 1.53. The van der Waals surface area contributed by atoms with E-state index in [-0.39, 0.29) is 25.2 Å². The average Bonchev–Trinajstić information content (AvgIpc) is 3.33. The Labute approximate surface area is 202 Å². The Kier molecular flexibility index (Phi) is 9.00. The van der Waals surface area contributed by atoms with Crippen LogP contribution in [0.3, 0.4) is 0 Å². The summed E-state index contributed by atoms with van der Waals surface area (Å²) in [5, 5.41) is 9.55. The van der Waals surface area contributed by atoms with Crippen LogP contribution in [0.15, 0.2) is 41.5 Å². The Hall–Kier alpha value is -3.43. The van der Waals surface area contributed by atoms with Gasteiger partial charge in [-0.1, -0.05) is 23.7 Å². The lowest BCUT2D eigenvalue weighted by Crippen LogP contribution is -2.41. The predicted octanol–water partition coefficient (Wildman–Crippen LogP) is 2.72. The van der Waals surface area contributed by atoms with Gasteiger partial charge in [0.1, 0.15) is 5.75 Å². The number of hydrogen-bond donors (Lipinski definition) is 3. The van der Waals surface area contributed by atoms with E-state index in [0.29, 0.717) is 28.6 Å².